The molecule has 4 heteroatoms. The Morgan fingerprint density at radius 3 is 2.89 bits per heavy atom. The monoisotopic (exact) mass is 256 g/mol. The highest BCUT2D eigenvalue weighted by molar-refractivity contribution is 5.88. The van der Waals surface area contributed by atoms with Crippen LogP contribution in [0.15, 0.2) is 24.4 Å². The van der Waals surface area contributed by atoms with Gasteiger partial charge in [0, 0.05) is 0 Å². The summed E-state index contributed by atoms with van der Waals surface area (Å²) in [5, 5.41) is 13.2. The van der Waals surface area contributed by atoms with E-state index in [0.29, 0.717) is 12.2 Å². The normalized spacial score (nSPS) is 13.5. The van der Waals surface area contributed by atoms with Crippen molar-refractivity contribution < 1.29 is 9.90 Å². The molecular formula is C15H16N2O2. The average molecular weight is 256 g/mol. The molecule has 0 fully saturated rings. The van der Waals surface area contributed by atoms with E-state index in [1.807, 2.05) is 0 Å². The van der Waals surface area contributed by atoms with Crippen LogP contribution in [0.2, 0.25) is 0 Å². The van der Waals surface area contributed by atoms with E-state index in [1.165, 1.54) is 35.7 Å². The van der Waals surface area contributed by atoms with Gasteiger partial charge in [-0.1, -0.05) is 18.2 Å². The molecule has 0 bridgehead atoms. The van der Waals surface area contributed by atoms with Crippen molar-refractivity contribution in [3.63, 3.8) is 0 Å². The van der Waals surface area contributed by atoms with Gasteiger partial charge in [0.15, 0.2) is 0 Å². The number of rotatable bonds is 3. The van der Waals surface area contributed by atoms with Crippen LogP contribution >= 0.6 is 0 Å². The van der Waals surface area contributed by atoms with E-state index in [1.54, 1.807) is 11.6 Å². The number of aryl methyl sites for hydroxylation is 2. The Labute approximate surface area is 111 Å². The number of aromatic carboxylic acids is 1. The van der Waals surface area contributed by atoms with Crippen LogP contribution in [0.25, 0.3) is 0 Å². The summed E-state index contributed by atoms with van der Waals surface area (Å²) in [7, 11) is 0. The Kier molecular flexibility index (Phi) is 2.85. The standard InChI is InChI=1S/C15H16N2O2/c1-10-14(15(18)19)8-16-17(10)9-11-5-6-12-3-2-4-13(12)7-11/h5-8H,2-4,9H2,1H3,(H,18,19). The second-order valence-corrected chi connectivity index (χ2v) is 5.06. The van der Waals surface area contributed by atoms with Gasteiger partial charge in [0.1, 0.15) is 5.56 Å². The van der Waals surface area contributed by atoms with Gasteiger partial charge in [0.25, 0.3) is 0 Å². The fourth-order valence-corrected chi connectivity index (χ4v) is 2.71. The number of benzene rings is 1. The SMILES string of the molecule is Cc1c(C(=O)O)cnn1Cc1ccc2c(c1)CCC2. The second-order valence-electron chi connectivity index (χ2n) is 5.06. The third kappa shape index (κ3) is 2.14. The third-order valence-electron chi connectivity index (χ3n) is 3.83. The van der Waals surface area contributed by atoms with Crippen molar-refractivity contribution in [1.29, 1.82) is 0 Å². The molecule has 0 atom stereocenters. The molecule has 0 radical (unpaired) electrons. The van der Waals surface area contributed by atoms with Crippen LogP contribution in [-0.4, -0.2) is 20.9 Å². The predicted molar refractivity (Wildman–Crippen MR) is 71.5 cm³/mol. The molecule has 4 nitrogen and oxygen atoms in total. The van der Waals surface area contributed by atoms with Crippen LogP contribution in [0.4, 0.5) is 0 Å². The van der Waals surface area contributed by atoms with Crippen LogP contribution in [0.5, 0.6) is 0 Å². The minimum Gasteiger partial charge on any atom is -0.478 e. The van der Waals surface area contributed by atoms with E-state index in [2.05, 4.69) is 23.3 Å². The Bertz CT molecular complexity index is 644. The number of carboxylic acid groups (broad SMARTS) is 1. The summed E-state index contributed by atoms with van der Waals surface area (Å²) in [6.07, 6.45) is 5.00. The zero-order valence-corrected chi connectivity index (χ0v) is 10.9. The molecule has 3 rings (SSSR count). The molecule has 0 amide bonds. The van der Waals surface area contributed by atoms with Gasteiger partial charge in [-0.2, -0.15) is 5.10 Å². The van der Waals surface area contributed by atoms with E-state index >= 15 is 0 Å². The summed E-state index contributed by atoms with van der Waals surface area (Å²) in [5.41, 5.74) is 5.05. The first-order valence-corrected chi connectivity index (χ1v) is 6.51. The number of aromatic nitrogens is 2. The van der Waals surface area contributed by atoms with E-state index < -0.39 is 5.97 Å². The third-order valence-corrected chi connectivity index (χ3v) is 3.83. The highest BCUT2D eigenvalue weighted by atomic mass is 16.4. The van der Waals surface area contributed by atoms with Gasteiger partial charge in [-0.05, 0) is 42.9 Å². The van der Waals surface area contributed by atoms with Gasteiger partial charge in [-0.15, -0.1) is 0 Å². The molecule has 2 aromatic rings. The van der Waals surface area contributed by atoms with Crippen molar-refractivity contribution >= 4 is 5.97 Å². The van der Waals surface area contributed by atoms with E-state index in [4.69, 9.17) is 5.11 Å². The molecule has 1 aliphatic carbocycles. The summed E-state index contributed by atoms with van der Waals surface area (Å²) < 4.78 is 1.75. The summed E-state index contributed by atoms with van der Waals surface area (Å²) in [4.78, 5) is 11.0. The van der Waals surface area contributed by atoms with Crippen molar-refractivity contribution in [2.75, 3.05) is 0 Å². The first kappa shape index (κ1) is 12.0. The second kappa shape index (κ2) is 4.53. The molecule has 0 aliphatic heterocycles. The highest BCUT2D eigenvalue weighted by Gasteiger charge is 2.14. The maximum atomic E-state index is 11.0. The fourth-order valence-electron chi connectivity index (χ4n) is 2.71. The molecule has 1 aromatic heterocycles. The first-order chi connectivity index (χ1) is 9.15. The van der Waals surface area contributed by atoms with Crippen molar-refractivity contribution in [2.45, 2.75) is 32.7 Å². The quantitative estimate of drug-likeness (QED) is 0.917. The van der Waals surface area contributed by atoms with Crippen molar-refractivity contribution in [1.82, 2.24) is 9.78 Å². The Morgan fingerprint density at radius 1 is 1.37 bits per heavy atom. The van der Waals surface area contributed by atoms with Crippen molar-refractivity contribution in [3.8, 4) is 0 Å². The zero-order chi connectivity index (χ0) is 13.4. The molecule has 0 unspecified atom stereocenters. The first-order valence-electron chi connectivity index (χ1n) is 6.51. The lowest BCUT2D eigenvalue weighted by Gasteiger charge is -2.07. The predicted octanol–water partition coefficient (Wildman–Crippen LogP) is 2.43. The van der Waals surface area contributed by atoms with Crippen LogP contribution < -0.4 is 0 Å². The number of fused-ring (bicyclic) bond motifs is 1. The minimum absolute atomic E-state index is 0.279. The Morgan fingerprint density at radius 2 is 2.16 bits per heavy atom. The van der Waals surface area contributed by atoms with Gasteiger partial charge in [-0.25, -0.2) is 4.79 Å². The molecule has 19 heavy (non-hydrogen) atoms. The molecule has 98 valence electrons. The molecule has 1 aromatic carbocycles. The number of hydrogen-bond donors (Lipinski definition) is 1. The number of carboxylic acids is 1. The molecule has 0 spiro atoms. The summed E-state index contributed by atoms with van der Waals surface area (Å²) in [6.45, 7) is 2.43. The molecule has 0 saturated carbocycles. The topological polar surface area (TPSA) is 55.1 Å². The molecule has 1 N–H and O–H groups in total. The van der Waals surface area contributed by atoms with Gasteiger partial charge < -0.3 is 5.11 Å². The minimum atomic E-state index is -0.919. The maximum absolute atomic E-state index is 11.0. The Balaban J connectivity index is 1.87. The lowest BCUT2D eigenvalue weighted by Crippen LogP contribution is -2.06. The summed E-state index contributed by atoms with van der Waals surface area (Å²) in [6, 6.07) is 6.53. The molecule has 0 saturated heterocycles. The van der Waals surface area contributed by atoms with Crippen LogP contribution in [0.1, 0.15) is 39.2 Å². The molecular weight excluding hydrogens is 240 g/mol. The summed E-state index contributed by atoms with van der Waals surface area (Å²) in [5.74, 6) is -0.919. The maximum Gasteiger partial charge on any atom is 0.339 e. The highest BCUT2D eigenvalue weighted by Crippen LogP contribution is 2.23. The van der Waals surface area contributed by atoms with E-state index in [-0.39, 0.29) is 5.56 Å². The van der Waals surface area contributed by atoms with E-state index in [9.17, 15) is 4.79 Å². The van der Waals surface area contributed by atoms with Gasteiger partial charge in [0.05, 0.1) is 18.4 Å². The average Bonchev–Trinajstić information content (AvgIpc) is 2.96. The van der Waals surface area contributed by atoms with E-state index in [0.717, 1.165) is 6.42 Å². The van der Waals surface area contributed by atoms with Gasteiger partial charge in [0.2, 0.25) is 0 Å². The zero-order valence-electron chi connectivity index (χ0n) is 10.9. The van der Waals surface area contributed by atoms with Crippen LogP contribution in [0, 0.1) is 6.92 Å². The largest absolute Gasteiger partial charge is 0.478 e. The molecule has 1 heterocycles. The lowest BCUT2D eigenvalue weighted by atomic mass is 10.1. The molecule has 1 aliphatic rings. The lowest BCUT2D eigenvalue weighted by molar-refractivity contribution is 0.0696. The van der Waals surface area contributed by atoms with Crippen molar-refractivity contribution in [2.24, 2.45) is 0 Å². The van der Waals surface area contributed by atoms with Crippen LogP contribution in [-0.2, 0) is 19.4 Å². The van der Waals surface area contributed by atoms with Crippen molar-refractivity contribution in [3.05, 3.63) is 52.3 Å². The number of nitrogens with zero attached hydrogens (tertiary/aromatic N) is 2. The summed E-state index contributed by atoms with van der Waals surface area (Å²) >= 11 is 0. The van der Waals surface area contributed by atoms with Crippen LogP contribution in [0.3, 0.4) is 0 Å². The fraction of sp³-hybridized carbons (Fsp3) is 0.333. The number of hydrogen-bond acceptors (Lipinski definition) is 2. The number of carbonyl (C=O) groups is 1. The Hall–Kier alpha value is -2.10. The van der Waals surface area contributed by atoms with Gasteiger partial charge >= 0.3 is 5.97 Å². The smallest absolute Gasteiger partial charge is 0.339 e. The van der Waals surface area contributed by atoms with Gasteiger partial charge in [-0.3, -0.25) is 4.68 Å².